The van der Waals surface area contributed by atoms with Gasteiger partial charge in [0.25, 0.3) is 0 Å². The van der Waals surface area contributed by atoms with Crippen molar-refractivity contribution in [3.05, 3.63) is 42.6 Å². The van der Waals surface area contributed by atoms with E-state index in [4.69, 9.17) is 0 Å². The molecule has 2 aromatic heterocycles. The summed E-state index contributed by atoms with van der Waals surface area (Å²) in [4.78, 5) is 1.91. The molecule has 200 valence electrons. The van der Waals surface area contributed by atoms with Gasteiger partial charge in [-0.15, -0.1) is 0 Å². The topological polar surface area (TPSA) is 177 Å². The van der Waals surface area contributed by atoms with Crippen LogP contribution in [0.25, 0.3) is 21.1 Å². The number of azo groups is 1. The number of fused-ring (bicyclic) bond motifs is 2. The van der Waals surface area contributed by atoms with Gasteiger partial charge in [-0.2, -0.15) is 5.10 Å². The Morgan fingerprint density at radius 2 is 1.76 bits per heavy atom. The third kappa shape index (κ3) is 7.48. The van der Waals surface area contributed by atoms with Gasteiger partial charge < -0.3 is 24.8 Å². The number of aliphatic hydroxyl groups excluding tert-OH is 3. The monoisotopic (exact) mass is 552 g/mol. The lowest BCUT2D eigenvalue weighted by Crippen LogP contribution is -2.29. The van der Waals surface area contributed by atoms with Crippen molar-refractivity contribution in [1.29, 1.82) is 0 Å². The number of hydrogen-bond donors (Lipinski definition) is 3. The van der Waals surface area contributed by atoms with Crippen LogP contribution in [0.2, 0.25) is 0 Å². The van der Waals surface area contributed by atoms with Gasteiger partial charge in [-0.3, -0.25) is 8.86 Å². The molecule has 15 heteroatoms. The minimum absolute atomic E-state index is 0.0247. The summed E-state index contributed by atoms with van der Waals surface area (Å²) in [5, 5.41) is 42.6. The predicted octanol–water partition coefficient (Wildman–Crippen LogP) is 1.37. The highest BCUT2D eigenvalue weighted by atomic mass is 32.3. The molecule has 0 unspecified atom stereocenters. The van der Waals surface area contributed by atoms with E-state index in [1.807, 2.05) is 47.0 Å². The van der Waals surface area contributed by atoms with Crippen LogP contribution in [0.4, 0.5) is 16.5 Å². The molecule has 0 saturated carbocycles. The zero-order valence-electron chi connectivity index (χ0n) is 20.3. The second-order valence-corrected chi connectivity index (χ2v) is 9.80. The average Bonchev–Trinajstić information content (AvgIpc) is 3.41. The lowest BCUT2D eigenvalue weighted by atomic mass is 10.2. The van der Waals surface area contributed by atoms with Gasteiger partial charge in [0.2, 0.25) is 10.4 Å². The van der Waals surface area contributed by atoms with Gasteiger partial charge in [0.05, 0.1) is 62.1 Å². The second kappa shape index (κ2) is 13.0. The lowest BCUT2D eigenvalue weighted by Gasteiger charge is -2.22. The third-order valence-corrected chi connectivity index (χ3v) is 6.79. The quantitative estimate of drug-likeness (QED) is 0.113. The molecule has 2 aromatic carbocycles. The molecule has 0 bridgehead atoms. The standard InChI is InChI=1S/C21H25N6O3S.CH4O4S/c1-25-19-13-18-15(14-22-27(18)8-11-30)12-20(19)31-21(25)24-23-16-2-4-17(5-3-16)26(6-9-28)7-10-29;1-5-6(2,3)4/h2-5,12-14,28-30H,6-11H2,1H3;1H3,(H,2,3,4)/q+1;/p-1. The Morgan fingerprint density at radius 1 is 1.11 bits per heavy atom. The Bertz CT molecular complexity index is 1450. The summed E-state index contributed by atoms with van der Waals surface area (Å²) >= 11 is 1.55. The van der Waals surface area contributed by atoms with Crippen molar-refractivity contribution in [2.45, 2.75) is 6.54 Å². The van der Waals surface area contributed by atoms with Crippen molar-refractivity contribution in [3.63, 3.8) is 0 Å². The Morgan fingerprint density at radius 3 is 2.32 bits per heavy atom. The molecule has 0 aliphatic heterocycles. The summed E-state index contributed by atoms with van der Waals surface area (Å²) in [6.07, 6.45) is 1.81. The maximum atomic E-state index is 9.23. The third-order valence-electron chi connectivity index (χ3n) is 5.29. The highest BCUT2D eigenvalue weighted by molar-refractivity contribution is 7.80. The molecule has 13 nitrogen and oxygen atoms in total. The molecule has 0 spiro atoms. The molecule has 0 amide bonds. The number of aromatic nitrogens is 3. The van der Waals surface area contributed by atoms with E-state index in [-0.39, 0.29) is 19.8 Å². The first kappa shape index (κ1) is 28.5. The Balaban J connectivity index is 0.000000568. The van der Waals surface area contributed by atoms with E-state index in [0.29, 0.717) is 19.6 Å². The summed E-state index contributed by atoms with van der Waals surface area (Å²) in [6.45, 7) is 1.47. The zero-order valence-corrected chi connectivity index (χ0v) is 21.9. The first-order valence-electron chi connectivity index (χ1n) is 11.1. The van der Waals surface area contributed by atoms with Crippen LogP contribution in [0.1, 0.15) is 0 Å². The normalized spacial score (nSPS) is 11.8. The van der Waals surface area contributed by atoms with E-state index in [9.17, 15) is 28.3 Å². The SMILES string of the molecule is COS(=O)(=O)[O-].C[n+]1c(N=Nc2ccc(N(CCO)CCO)cc2)sc2cc3cnn(CCO)c3cc21. The van der Waals surface area contributed by atoms with Crippen molar-refractivity contribution in [1.82, 2.24) is 9.78 Å². The predicted molar refractivity (Wildman–Crippen MR) is 137 cm³/mol. The fourth-order valence-electron chi connectivity index (χ4n) is 3.51. The number of thiazole rings is 1. The minimum atomic E-state index is -4.41. The van der Waals surface area contributed by atoms with Crippen molar-refractivity contribution in [2.24, 2.45) is 17.3 Å². The number of hydrogen-bond acceptors (Lipinski definition) is 12. The maximum absolute atomic E-state index is 9.23. The Labute approximate surface area is 217 Å². The first-order valence-corrected chi connectivity index (χ1v) is 13.2. The van der Waals surface area contributed by atoms with Crippen molar-refractivity contribution >= 4 is 59.4 Å². The fourth-order valence-corrected chi connectivity index (χ4v) is 4.51. The van der Waals surface area contributed by atoms with Gasteiger partial charge in [-0.25, -0.2) is 13.0 Å². The van der Waals surface area contributed by atoms with Crippen LogP contribution in [0.5, 0.6) is 0 Å². The molecule has 2 heterocycles. The van der Waals surface area contributed by atoms with Gasteiger partial charge in [0.15, 0.2) is 0 Å². The van der Waals surface area contributed by atoms with Gasteiger partial charge in [-0.1, -0.05) is 0 Å². The van der Waals surface area contributed by atoms with Crippen LogP contribution in [0.3, 0.4) is 0 Å². The van der Waals surface area contributed by atoms with E-state index in [0.717, 1.165) is 44.7 Å². The maximum Gasteiger partial charge on any atom is 0.409 e. The summed E-state index contributed by atoms with van der Waals surface area (Å²) in [7, 11) is -1.65. The van der Waals surface area contributed by atoms with E-state index in [1.165, 1.54) is 0 Å². The number of rotatable bonds is 10. The van der Waals surface area contributed by atoms with E-state index in [1.54, 1.807) is 16.0 Å². The largest absolute Gasteiger partial charge is 0.726 e. The van der Waals surface area contributed by atoms with Crippen LogP contribution in [0.15, 0.2) is 52.8 Å². The molecular weight excluding hydrogens is 524 g/mol. The van der Waals surface area contributed by atoms with Gasteiger partial charge in [-0.05, 0) is 46.8 Å². The molecule has 4 aromatic rings. The molecular formula is C22H28N6O7S2. The van der Waals surface area contributed by atoms with Crippen LogP contribution >= 0.6 is 11.3 Å². The smallest absolute Gasteiger partial charge is 0.409 e. The molecule has 0 saturated heterocycles. The summed E-state index contributed by atoms with van der Waals surface area (Å²) in [5.74, 6) is 0. The van der Waals surface area contributed by atoms with Gasteiger partial charge in [0.1, 0.15) is 11.2 Å². The van der Waals surface area contributed by atoms with E-state index < -0.39 is 10.4 Å². The number of aliphatic hydroxyl groups is 3. The van der Waals surface area contributed by atoms with Crippen LogP contribution in [-0.2, 0) is 28.2 Å². The molecule has 0 atom stereocenters. The number of anilines is 1. The Kier molecular flexibility index (Phi) is 9.99. The molecule has 0 fully saturated rings. The minimum Gasteiger partial charge on any atom is -0.726 e. The van der Waals surface area contributed by atoms with Crippen LogP contribution in [-0.4, -0.2) is 78.1 Å². The Hall–Kier alpha value is -3.05. The lowest BCUT2D eigenvalue weighted by molar-refractivity contribution is -0.627. The summed E-state index contributed by atoms with van der Waals surface area (Å²) in [6, 6.07) is 11.7. The zero-order chi connectivity index (χ0) is 27.0. The van der Waals surface area contributed by atoms with Crippen molar-refractivity contribution < 1.29 is 37.0 Å². The molecule has 4 rings (SSSR count). The number of benzene rings is 2. The molecule has 0 aliphatic carbocycles. The summed E-state index contributed by atoms with van der Waals surface area (Å²) < 4.78 is 35.9. The second-order valence-electron chi connectivity index (χ2n) is 7.64. The highest BCUT2D eigenvalue weighted by Crippen LogP contribution is 2.31. The van der Waals surface area contributed by atoms with Crippen LogP contribution in [0, 0.1) is 0 Å². The van der Waals surface area contributed by atoms with Crippen molar-refractivity contribution in [3.8, 4) is 0 Å². The molecule has 0 aliphatic rings. The fraction of sp³-hybridized carbons (Fsp3) is 0.364. The van der Waals surface area contributed by atoms with Crippen LogP contribution < -0.4 is 9.47 Å². The first-order chi connectivity index (χ1) is 17.7. The van der Waals surface area contributed by atoms with Gasteiger partial charge >= 0.3 is 5.13 Å². The van der Waals surface area contributed by atoms with E-state index >= 15 is 0 Å². The molecule has 37 heavy (non-hydrogen) atoms. The average molecular weight is 553 g/mol. The summed E-state index contributed by atoms with van der Waals surface area (Å²) in [5.41, 5.74) is 3.64. The number of nitrogens with zero attached hydrogens (tertiary/aromatic N) is 6. The van der Waals surface area contributed by atoms with Crippen molar-refractivity contribution in [2.75, 3.05) is 44.9 Å². The van der Waals surface area contributed by atoms with Gasteiger partial charge in [0, 0.05) is 30.2 Å². The molecule has 0 radical (unpaired) electrons. The molecule has 3 N–H and O–H groups in total. The van der Waals surface area contributed by atoms with E-state index in [2.05, 4.69) is 31.6 Å². The number of aryl methyl sites for hydroxylation is 1. The highest BCUT2D eigenvalue weighted by Gasteiger charge is 2.18.